The molecule has 0 aliphatic carbocycles. The van der Waals surface area contributed by atoms with Crippen LogP contribution in [0.1, 0.15) is 5.56 Å². The lowest BCUT2D eigenvalue weighted by Gasteiger charge is -1.93. The summed E-state index contributed by atoms with van der Waals surface area (Å²) >= 11 is 8.40. The normalized spacial score (nSPS) is 10.1. The van der Waals surface area contributed by atoms with E-state index in [4.69, 9.17) is 4.74 Å². The predicted molar refractivity (Wildman–Crippen MR) is 58.1 cm³/mol. The highest BCUT2D eigenvalue weighted by Crippen LogP contribution is 2.01. The second kappa shape index (κ2) is 4.95. The predicted octanol–water partition coefficient (Wildman–Crippen LogP) is 2.89. The molecular formula is C9H8OS2. The van der Waals surface area contributed by atoms with Gasteiger partial charge in [0.1, 0.15) is 0 Å². The Bertz CT molecular complexity index is 280. The van der Waals surface area contributed by atoms with E-state index in [1.807, 2.05) is 36.4 Å². The van der Waals surface area contributed by atoms with E-state index in [-0.39, 0.29) is 4.38 Å². The van der Waals surface area contributed by atoms with Crippen molar-refractivity contribution in [3.63, 3.8) is 0 Å². The third kappa shape index (κ3) is 3.55. The first-order valence-corrected chi connectivity index (χ1v) is 4.26. The lowest BCUT2D eigenvalue weighted by Crippen LogP contribution is -1.81. The highest BCUT2D eigenvalue weighted by atomic mass is 32.1. The third-order valence-electron chi connectivity index (χ3n) is 1.23. The molecule has 0 aromatic heterocycles. The maximum absolute atomic E-state index is 4.86. The average Bonchev–Trinajstić information content (AvgIpc) is 2.05. The van der Waals surface area contributed by atoms with Crippen molar-refractivity contribution in [1.82, 2.24) is 0 Å². The topological polar surface area (TPSA) is 9.23 Å². The van der Waals surface area contributed by atoms with Crippen LogP contribution >= 0.6 is 24.8 Å². The zero-order valence-corrected chi connectivity index (χ0v) is 8.02. The number of hydrogen-bond donors (Lipinski definition) is 1. The Hall–Kier alpha value is -0.800. The van der Waals surface area contributed by atoms with Gasteiger partial charge in [-0.15, -0.1) is 0 Å². The lowest BCUT2D eigenvalue weighted by atomic mass is 10.2. The monoisotopic (exact) mass is 196 g/mol. The summed E-state index contributed by atoms with van der Waals surface area (Å²) in [4.78, 5) is 0. The van der Waals surface area contributed by atoms with Crippen molar-refractivity contribution < 1.29 is 4.74 Å². The zero-order chi connectivity index (χ0) is 8.81. The number of benzene rings is 1. The van der Waals surface area contributed by atoms with Crippen molar-refractivity contribution in [2.75, 3.05) is 0 Å². The smallest absolute Gasteiger partial charge is 0.221 e. The van der Waals surface area contributed by atoms with Crippen molar-refractivity contribution in [3.8, 4) is 0 Å². The second-order valence-electron chi connectivity index (χ2n) is 2.10. The highest BCUT2D eigenvalue weighted by Gasteiger charge is 1.83. The Labute approximate surface area is 82.5 Å². The largest absolute Gasteiger partial charge is 0.448 e. The fourth-order valence-corrected chi connectivity index (χ4v) is 0.851. The molecule has 0 bridgehead atoms. The summed E-state index contributed by atoms with van der Waals surface area (Å²) in [6.07, 6.45) is 3.34. The van der Waals surface area contributed by atoms with E-state index in [9.17, 15) is 0 Å². The van der Waals surface area contributed by atoms with E-state index in [1.54, 1.807) is 0 Å². The van der Waals surface area contributed by atoms with Crippen LogP contribution in [0, 0.1) is 0 Å². The Morgan fingerprint density at radius 3 is 2.58 bits per heavy atom. The summed E-state index contributed by atoms with van der Waals surface area (Å²) < 4.78 is 5.09. The Balaban J connectivity index is 2.52. The maximum atomic E-state index is 4.86. The first kappa shape index (κ1) is 9.29. The van der Waals surface area contributed by atoms with Crippen LogP contribution in [0.4, 0.5) is 0 Å². The molecule has 0 saturated carbocycles. The Morgan fingerprint density at radius 2 is 2.00 bits per heavy atom. The molecule has 0 radical (unpaired) electrons. The van der Waals surface area contributed by atoms with Gasteiger partial charge in [0, 0.05) is 0 Å². The molecule has 0 saturated heterocycles. The van der Waals surface area contributed by atoms with Crippen LogP contribution in [-0.4, -0.2) is 4.38 Å². The van der Waals surface area contributed by atoms with E-state index in [0.29, 0.717) is 0 Å². The summed E-state index contributed by atoms with van der Waals surface area (Å²) in [6.45, 7) is 0. The number of rotatable bonds is 2. The minimum absolute atomic E-state index is 0.224. The molecule has 62 valence electrons. The van der Waals surface area contributed by atoms with Crippen molar-refractivity contribution in [2.24, 2.45) is 0 Å². The van der Waals surface area contributed by atoms with Crippen LogP contribution in [0.2, 0.25) is 0 Å². The van der Waals surface area contributed by atoms with Gasteiger partial charge >= 0.3 is 0 Å². The van der Waals surface area contributed by atoms with Gasteiger partial charge in [0.15, 0.2) is 0 Å². The molecule has 3 heteroatoms. The highest BCUT2D eigenvalue weighted by molar-refractivity contribution is 8.10. The van der Waals surface area contributed by atoms with Crippen LogP contribution in [-0.2, 0) is 4.74 Å². The van der Waals surface area contributed by atoms with Gasteiger partial charge in [-0.25, -0.2) is 0 Å². The first-order chi connectivity index (χ1) is 5.79. The molecule has 0 unspecified atom stereocenters. The molecule has 0 heterocycles. The van der Waals surface area contributed by atoms with Gasteiger partial charge in [-0.1, -0.05) is 43.0 Å². The summed E-state index contributed by atoms with van der Waals surface area (Å²) in [7, 11) is 0. The molecule has 0 aliphatic heterocycles. The SMILES string of the molecule is S=C(S)OC=Cc1ccccc1. The van der Waals surface area contributed by atoms with Crippen molar-refractivity contribution in [3.05, 3.63) is 42.2 Å². The number of thiol groups is 1. The second-order valence-corrected chi connectivity index (χ2v) is 3.18. The van der Waals surface area contributed by atoms with Crippen LogP contribution in [0.3, 0.4) is 0 Å². The molecule has 0 fully saturated rings. The van der Waals surface area contributed by atoms with Crippen LogP contribution < -0.4 is 0 Å². The minimum Gasteiger partial charge on any atom is -0.448 e. The molecule has 1 rings (SSSR count). The summed E-state index contributed by atoms with van der Waals surface area (Å²) in [5, 5.41) is 0. The quantitative estimate of drug-likeness (QED) is 0.442. The van der Waals surface area contributed by atoms with Crippen molar-refractivity contribution in [1.29, 1.82) is 0 Å². The molecule has 12 heavy (non-hydrogen) atoms. The van der Waals surface area contributed by atoms with Crippen molar-refractivity contribution >= 4 is 35.3 Å². The lowest BCUT2D eigenvalue weighted by molar-refractivity contribution is 0.503. The van der Waals surface area contributed by atoms with E-state index in [1.165, 1.54) is 6.26 Å². The molecule has 1 aromatic rings. The van der Waals surface area contributed by atoms with Gasteiger partial charge in [0.05, 0.1) is 6.26 Å². The molecule has 1 aromatic carbocycles. The maximum Gasteiger partial charge on any atom is 0.221 e. The number of hydrogen-bond acceptors (Lipinski definition) is 2. The summed E-state index contributed by atoms with van der Waals surface area (Å²) in [5.41, 5.74) is 1.07. The molecule has 1 nitrogen and oxygen atoms in total. The average molecular weight is 196 g/mol. The molecule has 0 spiro atoms. The number of thiocarbonyl (C=S) groups is 1. The standard InChI is InChI=1S/C9H8OS2/c11-9(12)10-7-6-8-4-2-1-3-5-8/h1-7H,(H,11,12). The zero-order valence-electron chi connectivity index (χ0n) is 6.31. The molecule has 0 amide bonds. The first-order valence-electron chi connectivity index (χ1n) is 3.40. The fraction of sp³-hybridized carbons (Fsp3) is 0. The van der Waals surface area contributed by atoms with Crippen LogP contribution in [0.25, 0.3) is 6.08 Å². The number of ether oxygens (including phenoxy) is 1. The molecule has 0 N–H and O–H groups in total. The van der Waals surface area contributed by atoms with E-state index in [0.717, 1.165) is 5.56 Å². The molecule has 0 aliphatic rings. The third-order valence-corrected chi connectivity index (χ3v) is 1.43. The Kier molecular flexibility index (Phi) is 3.84. The van der Waals surface area contributed by atoms with E-state index < -0.39 is 0 Å². The van der Waals surface area contributed by atoms with Gasteiger partial charge < -0.3 is 4.74 Å². The fourth-order valence-electron chi connectivity index (χ4n) is 0.735. The minimum atomic E-state index is 0.224. The molecular weight excluding hydrogens is 188 g/mol. The molecule has 0 atom stereocenters. The van der Waals surface area contributed by atoms with Gasteiger partial charge in [-0.05, 0) is 23.9 Å². The summed E-state index contributed by atoms with van der Waals surface area (Å²) in [6, 6.07) is 9.82. The van der Waals surface area contributed by atoms with Crippen molar-refractivity contribution in [2.45, 2.75) is 0 Å². The van der Waals surface area contributed by atoms with E-state index >= 15 is 0 Å². The summed E-state index contributed by atoms with van der Waals surface area (Å²) in [5.74, 6) is 0. The van der Waals surface area contributed by atoms with Gasteiger partial charge in [0.25, 0.3) is 0 Å². The Morgan fingerprint density at radius 1 is 1.33 bits per heavy atom. The van der Waals surface area contributed by atoms with Gasteiger partial charge in [-0.2, -0.15) is 0 Å². The van der Waals surface area contributed by atoms with E-state index in [2.05, 4.69) is 24.8 Å². The van der Waals surface area contributed by atoms with Gasteiger partial charge in [-0.3, -0.25) is 0 Å². The van der Waals surface area contributed by atoms with Crippen LogP contribution in [0.15, 0.2) is 36.6 Å². The van der Waals surface area contributed by atoms with Crippen LogP contribution in [0.5, 0.6) is 0 Å². The van der Waals surface area contributed by atoms with Gasteiger partial charge in [0.2, 0.25) is 4.38 Å².